The summed E-state index contributed by atoms with van der Waals surface area (Å²) >= 11 is 1.77. The van der Waals surface area contributed by atoms with Crippen LogP contribution >= 0.6 is 11.3 Å². The van der Waals surface area contributed by atoms with Crippen molar-refractivity contribution in [1.29, 1.82) is 0 Å². The van der Waals surface area contributed by atoms with Gasteiger partial charge >= 0.3 is 0 Å². The first-order chi connectivity index (χ1) is 25.8. The molecule has 0 amide bonds. The average Bonchev–Trinajstić information content (AvgIpc) is 3.66. The summed E-state index contributed by atoms with van der Waals surface area (Å²) in [6, 6.07) is 29.4. The van der Waals surface area contributed by atoms with E-state index in [9.17, 15) is 0 Å². The van der Waals surface area contributed by atoms with E-state index in [4.69, 9.17) is 14.5 Å². The second kappa shape index (κ2) is 16.1. The van der Waals surface area contributed by atoms with E-state index in [0.29, 0.717) is 30.3 Å². The minimum Gasteiger partial charge on any atom is -0.453 e. The summed E-state index contributed by atoms with van der Waals surface area (Å²) in [4.78, 5) is 10.9. The van der Waals surface area contributed by atoms with E-state index < -0.39 is 6.17 Å². The van der Waals surface area contributed by atoms with Crippen molar-refractivity contribution in [3.63, 3.8) is 0 Å². The number of thiophene rings is 1. The maximum atomic E-state index is 6.87. The van der Waals surface area contributed by atoms with Crippen LogP contribution in [0, 0.1) is 0 Å². The Hall–Kier alpha value is -5.46. The van der Waals surface area contributed by atoms with E-state index in [1.54, 1.807) is 11.3 Å². The number of fused-ring (bicyclic) bond motifs is 6. The number of aliphatic imine (C=N–C) groups is 2. The van der Waals surface area contributed by atoms with E-state index in [1.807, 2.05) is 76.2 Å². The molecule has 53 heavy (non-hydrogen) atoms. The Bertz CT molecular complexity index is 2290. The summed E-state index contributed by atoms with van der Waals surface area (Å²) in [5.41, 5.74) is 8.72. The van der Waals surface area contributed by atoms with Gasteiger partial charge < -0.3 is 14.8 Å². The molecule has 0 saturated carbocycles. The Morgan fingerprint density at radius 3 is 2.40 bits per heavy atom. The lowest BCUT2D eigenvalue weighted by Crippen LogP contribution is -2.32. The first-order valence-corrected chi connectivity index (χ1v) is 19.3. The number of ether oxygens (including phenoxy) is 2. The standard InChI is InChI=1S/C45H43N3O2S.C2H6/c1-8-17-38-30(9-2)32-23-22-28(26-39(32)51-38)27-47-44(48-43(46-7)29-18-13-12-14-19-29)31(10-3)41-36(11-4)49-42-37(50-41)25-24-35-40(42)33-20-15-16-21-34(33)45(35,5)6;1-2/h8-10,12-26,43H,2,7,11,27H2,1,3-6H3,(H,47,48);1-2H3/b17-8-,31-10+;. The fraction of sp³-hybridized carbons (Fsp3) is 0.234. The van der Waals surface area contributed by atoms with Crippen LogP contribution in [0.1, 0.15) is 93.7 Å². The number of hydrogen-bond donors (Lipinski definition) is 1. The van der Waals surface area contributed by atoms with Gasteiger partial charge in [-0.3, -0.25) is 9.98 Å². The number of hydrogen-bond acceptors (Lipinski definition) is 5. The Morgan fingerprint density at radius 2 is 1.70 bits per heavy atom. The van der Waals surface area contributed by atoms with E-state index in [2.05, 4.69) is 105 Å². The van der Waals surface area contributed by atoms with Gasteiger partial charge in [-0.2, -0.15) is 0 Å². The summed E-state index contributed by atoms with van der Waals surface area (Å²) in [7, 11) is 0. The second-order valence-corrected chi connectivity index (χ2v) is 14.3. The summed E-state index contributed by atoms with van der Waals surface area (Å²) in [5, 5.41) is 4.81. The van der Waals surface area contributed by atoms with Gasteiger partial charge in [0.15, 0.2) is 17.3 Å². The highest BCUT2D eigenvalue weighted by molar-refractivity contribution is 7.20. The molecule has 6 heteroatoms. The van der Waals surface area contributed by atoms with Gasteiger partial charge in [0.05, 0.1) is 12.1 Å². The molecule has 1 unspecified atom stereocenters. The molecule has 0 fully saturated rings. The smallest absolute Gasteiger partial charge is 0.177 e. The summed E-state index contributed by atoms with van der Waals surface area (Å²) in [6.07, 6.45) is 8.38. The van der Waals surface area contributed by atoms with Gasteiger partial charge in [0.2, 0.25) is 0 Å². The van der Waals surface area contributed by atoms with Gasteiger partial charge in [-0.1, -0.05) is 132 Å². The zero-order chi connectivity index (χ0) is 37.7. The molecule has 0 spiro atoms. The molecule has 1 aliphatic heterocycles. The van der Waals surface area contributed by atoms with Crippen molar-refractivity contribution in [3.8, 4) is 22.6 Å². The molecule has 2 heterocycles. The van der Waals surface area contributed by atoms with E-state index in [-0.39, 0.29) is 5.41 Å². The molecule has 0 bridgehead atoms. The molecular weight excluding hydrogens is 671 g/mol. The third kappa shape index (κ3) is 6.92. The van der Waals surface area contributed by atoms with Gasteiger partial charge in [0, 0.05) is 32.4 Å². The van der Waals surface area contributed by atoms with Crippen molar-refractivity contribution in [1.82, 2.24) is 5.32 Å². The number of allylic oxidation sites excluding steroid dienone is 3. The number of nitrogens with one attached hydrogen (secondary N) is 1. The van der Waals surface area contributed by atoms with E-state index >= 15 is 0 Å². The van der Waals surface area contributed by atoms with Crippen LogP contribution in [0.15, 0.2) is 131 Å². The molecule has 1 atom stereocenters. The molecule has 2 aliphatic rings. The number of benzene rings is 4. The largest absolute Gasteiger partial charge is 0.453 e. The Morgan fingerprint density at radius 1 is 0.943 bits per heavy atom. The topological polar surface area (TPSA) is 55.2 Å². The quantitative estimate of drug-likeness (QED) is 0.115. The zero-order valence-corrected chi connectivity index (χ0v) is 32.7. The predicted octanol–water partition coefficient (Wildman–Crippen LogP) is 12.8. The summed E-state index contributed by atoms with van der Waals surface area (Å²) < 4.78 is 14.9. The highest BCUT2D eigenvalue weighted by atomic mass is 32.1. The van der Waals surface area contributed by atoms with Crippen LogP contribution < -0.4 is 14.8 Å². The molecule has 270 valence electrons. The number of rotatable bonds is 10. The molecule has 0 radical (unpaired) electrons. The summed E-state index contributed by atoms with van der Waals surface area (Å²) in [6.45, 7) is 23.1. The van der Waals surface area contributed by atoms with E-state index in [1.165, 1.54) is 31.7 Å². The van der Waals surface area contributed by atoms with Crippen LogP contribution in [0.2, 0.25) is 0 Å². The van der Waals surface area contributed by atoms with Crippen molar-refractivity contribution < 1.29 is 9.47 Å². The molecule has 1 aliphatic carbocycles. The van der Waals surface area contributed by atoms with Crippen molar-refractivity contribution in [2.45, 2.75) is 73.0 Å². The van der Waals surface area contributed by atoms with Crippen LogP contribution in [0.4, 0.5) is 0 Å². The van der Waals surface area contributed by atoms with Crippen molar-refractivity contribution >= 4 is 46.1 Å². The van der Waals surface area contributed by atoms with Crippen LogP contribution in [-0.4, -0.2) is 12.6 Å². The van der Waals surface area contributed by atoms with E-state index in [0.717, 1.165) is 39.3 Å². The van der Waals surface area contributed by atoms with Crippen molar-refractivity contribution in [2.75, 3.05) is 0 Å². The maximum Gasteiger partial charge on any atom is 0.177 e. The van der Waals surface area contributed by atoms with Gasteiger partial charge in [-0.15, -0.1) is 11.3 Å². The predicted molar refractivity (Wildman–Crippen MR) is 227 cm³/mol. The number of nitrogens with zero attached hydrogens (tertiary/aromatic N) is 2. The van der Waals surface area contributed by atoms with Gasteiger partial charge in [0.25, 0.3) is 0 Å². The maximum absolute atomic E-state index is 6.87. The van der Waals surface area contributed by atoms with Gasteiger partial charge in [-0.05, 0) is 72.2 Å². The normalized spacial score (nSPS) is 15.1. The third-order valence-corrected chi connectivity index (χ3v) is 10.9. The first kappa shape index (κ1) is 37.3. The van der Waals surface area contributed by atoms with Crippen LogP contribution in [0.3, 0.4) is 0 Å². The SMILES string of the molecule is C=Cc1c(/C=C\C)sc2cc(CN=C(NC(N=C)c3ccccc3)/C(=C/C)C3=C(CC)Oc4c(ccc5c4-c4ccccc4C5(C)C)O3)ccc12.CC. The minimum absolute atomic E-state index is 0.142. The molecule has 0 saturated heterocycles. The molecule has 1 N–H and O–H groups in total. The Kier molecular flexibility index (Phi) is 11.3. The molecule has 4 aromatic carbocycles. The Labute approximate surface area is 318 Å². The molecule has 7 rings (SSSR count). The lowest BCUT2D eigenvalue weighted by Gasteiger charge is -2.29. The highest BCUT2D eigenvalue weighted by Crippen LogP contribution is 2.56. The summed E-state index contributed by atoms with van der Waals surface area (Å²) in [5.74, 6) is 3.49. The van der Waals surface area contributed by atoms with Crippen molar-refractivity contribution in [2.24, 2.45) is 9.98 Å². The highest BCUT2D eigenvalue weighted by Gasteiger charge is 2.40. The number of amidine groups is 1. The molecule has 5 nitrogen and oxygen atoms in total. The second-order valence-electron chi connectivity index (χ2n) is 13.2. The monoisotopic (exact) mass is 719 g/mol. The zero-order valence-electron chi connectivity index (χ0n) is 31.9. The molecular formula is C47H49N3O2S. The Balaban J connectivity index is 0.00000236. The minimum atomic E-state index is -0.428. The van der Waals surface area contributed by atoms with Gasteiger partial charge in [0.1, 0.15) is 17.8 Å². The van der Waals surface area contributed by atoms with Crippen molar-refractivity contribution in [3.05, 3.63) is 153 Å². The molecule has 5 aromatic rings. The third-order valence-electron chi connectivity index (χ3n) is 9.80. The van der Waals surface area contributed by atoms with Crippen LogP contribution in [0.25, 0.3) is 33.4 Å². The molecule has 1 aromatic heterocycles. The fourth-order valence-corrected chi connectivity index (χ4v) is 8.46. The average molecular weight is 720 g/mol. The lowest BCUT2D eigenvalue weighted by molar-refractivity contribution is 0.294. The van der Waals surface area contributed by atoms with Crippen LogP contribution in [0.5, 0.6) is 11.5 Å². The first-order valence-electron chi connectivity index (χ1n) is 18.5. The van der Waals surface area contributed by atoms with Crippen LogP contribution in [-0.2, 0) is 12.0 Å². The van der Waals surface area contributed by atoms with Gasteiger partial charge in [-0.25, -0.2) is 0 Å². The lowest BCUT2D eigenvalue weighted by atomic mass is 9.82. The fourth-order valence-electron chi connectivity index (χ4n) is 7.22.